The lowest BCUT2D eigenvalue weighted by Crippen LogP contribution is -1.83. The Hall–Kier alpha value is -3.22. The highest BCUT2D eigenvalue weighted by Crippen LogP contribution is 2.27. The van der Waals surface area contributed by atoms with Gasteiger partial charge in [-0.05, 0) is 23.3 Å². The van der Waals surface area contributed by atoms with Gasteiger partial charge in [-0.25, -0.2) is 15.5 Å². The molecular weight excluding hydrogens is 294 g/mol. The minimum atomic E-state index is 0.831. The summed E-state index contributed by atoms with van der Waals surface area (Å²) in [7, 11) is 0. The predicted molar refractivity (Wildman–Crippen MR) is 90.2 cm³/mol. The van der Waals surface area contributed by atoms with Crippen molar-refractivity contribution in [2.45, 2.75) is 0 Å². The number of fused-ring (bicyclic) bond motifs is 1. The maximum absolute atomic E-state index is 6.50. The van der Waals surface area contributed by atoms with E-state index in [1.54, 1.807) is 17.6 Å². The summed E-state index contributed by atoms with van der Waals surface area (Å²) in [6, 6.07) is 16.6. The first kappa shape index (κ1) is 16.8. The molecule has 1 aromatic heterocycles. The molecule has 0 radical (unpaired) electrons. The van der Waals surface area contributed by atoms with E-state index < -0.39 is 0 Å². The summed E-state index contributed by atoms with van der Waals surface area (Å²) in [6.45, 7) is 7.00. The molecule has 0 saturated carbocycles. The van der Waals surface area contributed by atoms with Gasteiger partial charge in [-0.15, -0.1) is 11.3 Å². The number of thiazole rings is 1. The van der Waals surface area contributed by atoms with E-state index in [4.69, 9.17) is 16.4 Å². The van der Waals surface area contributed by atoms with Gasteiger partial charge in [0.1, 0.15) is 5.01 Å². The van der Waals surface area contributed by atoms with Gasteiger partial charge in [0.05, 0.1) is 16.4 Å². The quantitative estimate of drug-likeness (QED) is 0.444. The molecule has 108 valence electrons. The monoisotopic (exact) mass is 307 g/mol. The minimum absolute atomic E-state index is 0.831. The second kappa shape index (κ2) is 8.85. The average molecular weight is 307 g/mol. The highest BCUT2D eigenvalue weighted by molar-refractivity contribution is 7.20. The second-order valence-electron chi connectivity index (χ2n) is 3.88. The van der Waals surface area contributed by atoms with Crippen LogP contribution in [0, 0.1) is 23.7 Å². The molecule has 1 heterocycles. The normalized spacial score (nSPS) is 9.45. The molecule has 2 N–H and O–H groups in total. The summed E-state index contributed by atoms with van der Waals surface area (Å²) in [5.41, 5.74) is 3.39. The van der Waals surface area contributed by atoms with Crippen molar-refractivity contribution in [1.82, 2.24) is 4.98 Å². The first-order valence-corrected chi connectivity index (χ1v) is 6.89. The number of hydrazone groups is 1. The standard InChI is InChI=1S/C14H11N3S.2CHN/c15-16-9-14-17-12-7-6-11(8-13(12)18-14)10-4-2-1-3-5-10;2*1-2/h1-9H,15H2;2*1H. The van der Waals surface area contributed by atoms with E-state index in [0.29, 0.717) is 0 Å². The van der Waals surface area contributed by atoms with Crippen LogP contribution >= 0.6 is 11.3 Å². The number of rotatable bonds is 2. The van der Waals surface area contributed by atoms with E-state index in [2.05, 4.69) is 47.5 Å². The van der Waals surface area contributed by atoms with Gasteiger partial charge in [0.25, 0.3) is 0 Å². The molecule has 6 heteroatoms. The zero-order valence-corrected chi connectivity index (χ0v) is 12.4. The van der Waals surface area contributed by atoms with Gasteiger partial charge in [-0.1, -0.05) is 36.4 Å². The van der Waals surface area contributed by atoms with Crippen molar-refractivity contribution in [3.05, 3.63) is 53.5 Å². The van der Waals surface area contributed by atoms with Crippen LogP contribution in [0.5, 0.6) is 0 Å². The van der Waals surface area contributed by atoms with Crippen molar-refractivity contribution >= 4 is 27.8 Å². The van der Waals surface area contributed by atoms with Crippen LogP contribution in [0.2, 0.25) is 0 Å². The molecule has 0 aliphatic carbocycles. The minimum Gasteiger partial charge on any atom is -0.323 e. The first-order valence-electron chi connectivity index (χ1n) is 6.08. The molecule has 5 nitrogen and oxygen atoms in total. The van der Waals surface area contributed by atoms with Crippen molar-refractivity contribution in [1.29, 1.82) is 10.5 Å². The van der Waals surface area contributed by atoms with Crippen molar-refractivity contribution in [3.63, 3.8) is 0 Å². The highest BCUT2D eigenvalue weighted by Gasteiger charge is 2.04. The molecule has 0 spiro atoms. The van der Waals surface area contributed by atoms with Crippen molar-refractivity contribution in [3.8, 4) is 24.3 Å². The summed E-state index contributed by atoms with van der Waals surface area (Å²) < 4.78 is 1.14. The largest absolute Gasteiger partial charge is 0.323 e. The molecule has 0 saturated heterocycles. The van der Waals surface area contributed by atoms with E-state index in [1.165, 1.54) is 11.1 Å². The Morgan fingerprint density at radius 1 is 1.00 bits per heavy atom. The van der Waals surface area contributed by atoms with E-state index in [9.17, 15) is 0 Å². The predicted octanol–water partition coefficient (Wildman–Crippen LogP) is 3.54. The van der Waals surface area contributed by atoms with E-state index in [0.717, 1.165) is 15.2 Å². The summed E-state index contributed by atoms with van der Waals surface area (Å²) in [6.07, 6.45) is 1.58. The SMILES string of the molecule is C#N.C#N.NN=Cc1nc2ccc(-c3ccccc3)cc2s1. The van der Waals surface area contributed by atoms with E-state index in [1.807, 2.05) is 24.3 Å². The van der Waals surface area contributed by atoms with Gasteiger partial charge in [-0.2, -0.15) is 5.10 Å². The Labute approximate surface area is 132 Å². The third-order valence-corrected chi connectivity index (χ3v) is 3.65. The zero-order chi connectivity index (χ0) is 16.4. The summed E-state index contributed by atoms with van der Waals surface area (Å²) in [5.74, 6) is 5.14. The number of benzene rings is 2. The first-order chi connectivity index (χ1) is 10.9. The van der Waals surface area contributed by atoms with Crippen LogP contribution in [0.1, 0.15) is 5.01 Å². The average Bonchev–Trinajstić information content (AvgIpc) is 3.01. The molecule has 0 unspecified atom stereocenters. The summed E-state index contributed by atoms with van der Waals surface area (Å²) in [4.78, 5) is 4.43. The molecule has 0 fully saturated rings. The van der Waals surface area contributed by atoms with Gasteiger partial charge in [0, 0.05) is 13.1 Å². The number of nitrogens with zero attached hydrogens (tertiary/aromatic N) is 4. The lowest BCUT2D eigenvalue weighted by Gasteiger charge is -2.00. The fourth-order valence-electron chi connectivity index (χ4n) is 1.87. The van der Waals surface area contributed by atoms with Gasteiger partial charge < -0.3 is 5.84 Å². The highest BCUT2D eigenvalue weighted by atomic mass is 32.1. The van der Waals surface area contributed by atoms with Crippen molar-refractivity contribution < 1.29 is 0 Å². The van der Waals surface area contributed by atoms with Crippen LogP contribution in [0.3, 0.4) is 0 Å². The Kier molecular flexibility index (Phi) is 6.77. The molecule has 0 bridgehead atoms. The molecule has 0 atom stereocenters. The number of hydrogen-bond donors (Lipinski definition) is 1. The Morgan fingerprint density at radius 2 is 1.68 bits per heavy atom. The molecular formula is C16H13N5S. The maximum Gasteiger partial charge on any atom is 0.137 e. The van der Waals surface area contributed by atoms with Crippen molar-refractivity contribution in [2.75, 3.05) is 0 Å². The van der Waals surface area contributed by atoms with E-state index in [-0.39, 0.29) is 0 Å². The molecule has 0 aliphatic heterocycles. The maximum atomic E-state index is 6.50. The smallest absolute Gasteiger partial charge is 0.137 e. The van der Waals surface area contributed by atoms with Crippen LogP contribution in [-0.4, -0.2) is 11.2 Å². The third kappa shape index (κ3) is 3.89. The lowest BCUT2D eigenvalue weighted by atomic mass is 10.1. The number of aromatic nitrogens is 1. The Bertz CT molecular complexity index is 781. The van der Waals surface area contributed by atoms with Crippen LogP contribution < -0.4 is 5.84 Å². The topological polar surface area (TPSA) is 98.8 Å². The van der Waals surface area contributed by atoms with Gasteiger partial charge in [-0.3, -0.25) is 0 Å². The van der Waals surface area contributed by atoms with Gasteiger partial charge >= 0.3 is 0 Å². The molecule has 22 heavy (non-hydrogen) atoms. The van der Waals surface area contributed by atoms with Crippen LogP contribution in [0.15, 0.2) is 53.6 Å². The Balaban J connectivity index is 0.000000561. The second-order valence-corrected chi connectivity index (χ2v) is 4.94. The summed E-state index contributed by atoms with van der Waals surface area (Å²) in [5, 5.41) is 17.3. The molecule has 0 amide bonds. The zero-order valence-electron chi connectivity index (χ0n) is 11.6. The van der Waals surface area contributed by atoms with Crippen LogP contribution in [0.4, 0.5) is 0 Å². The van der Waals surface area contributed by atoms with Crippen molar-refractivity contribution in [2.24, 2.45) is 10.9 Å². The molecule has 2 aromatic carbocycles. The van der Waals surface area contributed by atoms with Crippen LogP contribution in [-0.2, 0) is 0 Å². The van der Waals surface area contributed by atoms with Gasteiger partial charge in [0.15, 0.2) is 0 Å². The lowest BCUT2D eigenvalue weighted by molar-refractivity contribution is 1.26. The summed E-state index contributed by atoms with van der Waals surface area (Å²) >= 11 is 1.59. The number of nitriles is 2. The van der Waals surface area contributed by atoms with E-state index >= 15 is 0 Å². The third-order valence-electron chi connectivity index (χ3n) is 2.70. The fourth-order valence-corrected chi connectivity index (χ4v) is 2.76. The molecule has 0 aliphatic rings. The van der Waals surface area contributed by atoms with Gasteiger partial charge in [0.2, 0.25) is 0 Å². The number of nitrogens with two attached hydrogens (primary N) is 1. The fraction of sp³-hybridized carbons (Fsp3) is 0. The Morgan fingerprint density at radius 3 is 2.32 bits per heavy atom. The molecule has 3 rings (SSSR count). The molecule has 3 aromatic rings. The van der Waals surface area contributed by atoms with Crippen LogP contribution in [0.25, 0.3) is 21.3 Å². The number of hydrogen-bond acceptors (Lipinski definition) is 6.